The Morgan fingerprint density at radius 3 is 2.15 bits per heavy atom. The zero-order valence-corrected chi connectivity index (χ0v) is 16.6. The molecule has 2 rings (SSSR count). The van der Waals surface area contributed by atoms with Gasteiger partial charge in [0.1, 0.15) is 6.54 Å². The molecule has 0 spiro atoms. The van der Waals surface area contributed by atoms with Crippen LogP contribution in [-0.4, -0.2) is 46.6 Å². The molecule has 0 fully saturated rings. The predicted octanol–water partition coefficient (Wildman–Crippen LogP) is 2.38. The van der Waals surface area contributed by atoms with Crippen LogP contribution in [0.4, 0.5) is 0 Å². The number of rotatable bonds is 8. The number of sulfonamides is 1. The van der Waals surface area contributed by atoms with Crippen LogP contribution in [0.2, 0.25) is 0 Å². The van der Waals surface area contributed by atoms with E-state index in [0.717, 1.165) is 9.87 Å². The summed E-state index contributed by atoms with van der Waals surface area (Å²) in [4.78, 5) is 11.9. The smallest absolute Gasteiger partial charge is 0.321 e. The maximum absolute atomic E-state index is 13.3. The summed E-state index contributed by atoms with van der Waals surface area (Å²) in [6.45, 7) is 1.29. The van der Waals surface area contributed by atoms with Gasteiger partial charge in [0, 0.05) is 12.6 Å². The first-order valence-corrected chi connectivity index (χ1v) is 9.61. The third kappa shape index (κ3) is 4.78. The molecule has 2 aromatic carbocycles. The Labute approximate surface area is 159 Å². The van der Waals surface area contributed by atoms with Gasteiger partial charge in [-0.05, 0) is 24.1 Å². The molecular formula is C19H23NO6S. The van der Waals surface area contributed by atoms with E-state index < -0.39 is 22.5 Å². The summed E-state index contributed by atoms with van der Waals surface area (Å²) in [5.41, 5.74) is 1.23. The molecule has 0 saturated carbocycles. The molecule has 2 aromatic rings. The minimum absolute atomic E-state index is 0.0338. The molecule has 0 unspecified atom stereocenters. The summed E-state index contributed by atoms with van der Waals surface area (Å²) in [6.07, 6.45) is 0. The summed E-state index contributed by atoms with van der Waals surface area (Å²) in [5, 5.41) is 0. The van der Waals surface area contributed by atoms with Crippen LogP contribution in [-0.2, 0) is 26.1 Å². The van der Waals surface area contributed by atoms with Gasteiger partial charge in [0.15, 0.2) is 11.5 Å². The summed E-state index contributed by atoms with van der Waals surface area (Å²) in [5.74, 6) is 0.0727. The molecule has 0 saturated heterocycles. The van der Waals surface area contributed by atoms with Gasteiger partial charge in [0.2, 0.25) is 10.0 Å². The van der Waals surface area contributed by atoms with Crippen LogP contribution in [0.25, 0.3) is 0 Å². The highest BCUT2D eigenvalue weighted by Crippen LogP contribution is 2.34. The number of carbonyl (C=O) groups excluding carboxylic acids is 1. The molecule has 0 radical (unpaired) electrons. The molecule has 0 heterocycles. The van der Waals surface area contributed by atoms with Crippen molar-refractivity contribution in [3.63, 3.8) is 0 Å². The molecule has 0 aliphatic rings. The van der Waals surface area contributed by atoms with E-state index in [4.69, 9.17) is 9.47 Å². The van der Waals surface area contributed by atoms with E-state index in [-0.39, 0.29) is 11.4 Å². The van der Waals surface area contributed by atoms with Crippen molar-refractivity contribution in [3.05, 3.63) is 53.6 Å². The Balaban J connectivity index is 2.51. The quantitative estimate of drug-likeness (QED) is 0.641. The third-order valence-electron chi connectivity index (χ3n) is 4.03. The number of aryl methyl sites for hydroxylation is 1. The van der Waals surface area contributed by atoms with E-state index in [9.17, 15) is 13.2 Å². The first-order chi connectivity index (χ1) is 12.8. The Morgan fingerprint density at radius 2 is 1.59 bits per heavy atom. The molecule has 7 nitrogen and oxygen atoms in total. The summed E-state index contributed by atoms with van der Waals surface area (Å²) in [7, 11) is 0.131. The molecule has 0 aromatic heterocycles. The van der Waals surface area contributed by atoms with Gasteiger partial charge in [-0.1, -0.05) is 30.3 Å². The first-order valence-electron chi connectivity index (χ1n) is 8.17. The monoisotopic (exact) mass is 393 g/mol. The normalized spacial score (nSPS) is 11.3. The summed E-state index contributed by atoms with van der Waals surface area (Å²) < 4.78 is 42.8. The second kappa shape index (κ2) is 8.88. The van der Waals surface area contributed by atoms with Gasteiger partial charge in [0.05, 0.1) is 26.2 Å². The Bertz CT molecular complexity index is 896. The van der Waals surface area contributed by atoms with Crippen molar-refractivity contribution in [2.45, 2.75) is 18.4 Å². The lowest BCUT2D eigenvalue weighted by molar-refractivity contribution is -0.140. The van der Waals surface area contributed by atoms with Crippen LogP contribution in [0, 0.1) is 6.92 Å². The molecule has 0 amide bonds. The number of hydrogen-bond donors (Lipinski definition) is 0. The van der Waals surface area contributed by atoms with Crippen molar-refractivity contribution in [1.82, 2.24) is 4.31 Å². The highest BCUT2D eigenvalue weighted by atomic mass is 32.2. The second-order valence-corrected chi connectivity index (χ2v) is 7.71. The summed E-state index contributed by atoms with van der Waals surface area (Å²) in [6, 6.07) is 12.0. The number of ether oxygens (including phenoxy) is 3. The van der Waals surface area contributed by atoms with Crippen molar-refractivity contribution in [1.29, 1.82) is 0 Å². The van der Waals surface area contributed by atoms with Crippen LogP contribution in [0.5, 0.6) is 11.5 Å². The molecule has 0 N–H and O–H groups in total. The van der Waals surface area contributed by atoms with Crippen molar-refractivity contribution in [3.8, 4) is 11.5 Å². The van der Waals surface area contributed by atoms with Gasteiger partial charge in [-0.15, -0.1) is 0 Å². The maximum atomic E-state index is 13.3. The lowest BCUT2D eigenvalue weighted by atomic mass is 10.2. The largest absolute Gasteiger partial charge is 0.493 e. The van der Waals surface area contributed by atoms with Gasteiger partial charge in [-0.3, -0.25) is 4.79 Å². The van der Waals surface area contributed by atoms with Gasteiger partial charge >= 0.3 is 5.97 Å². The van der Waals surface area contributed by atoms with E-state index in [1.807, 2.05) is 6.07 Å². The van der Waals surface area contributed by atoms with Gasteiger partial charge < -0.3 is 14.2 Å². The SMILES string of the molecule is COC(=O)CN(Cc1ccccc1)S(=O)(=O)c1cc(OC)c(OC)cc1C. The Kier molecular flexibility index (Phi) is 6.81. The summed E-state index contributed by atoms with van der Waals surface area (Å²) >= 11 is 0. The van der Waals surface area contributed by atoms with Crippen molar-refractivity contribution in [2.75, 3.05) is 27.9 Å². The Hall–Kier alpha value is -2.58. The zero-order valence-electron chi connectivity index (χ0n) is 15.8. The van der Waals surface area contributed by atoms with Crippen LogP contribution in [0.15, 0.2) is 47.4 Å². The Morgan fingerprint density at radius 1 is 1.00 bits per heavy atom. The van der Waals surface area contributed by atoms with Crippen molar-refractivity contribution in [2.24, 2.45) is 0 Å². The molecule has 0 atom stereocenters. The molecule has 0 aliphatic carbocycles. The fraction of sp³-hybridized carbons (Fsp3) is 0.316. The predicted molar refractivity (Wildman–Crippen MR) is 100 cm³/mol. The molecule has 0 aliphatic heterocycles. The number of esters is 1. The van der Waals surface area contributed by atoms with E-state index in [1.165, 1.54) is 27.4 Å². The lowest BCUT2D eigenvalue weighted by Gasteiger charge is -2.23. The van der Waals surface area contributed by atoms with Crippen molar-refractivity contribution < 1.29 is 27.4 Å². The van der Waals surface area contributed by atoms with E-state index in [2.05, 4.69) is 4.74 Å². The van der Waals surface area contributed by atoms with E-state index in [0.29, 0.717) is 17.1 Å². The van der Waals surface area contributed by atoms with Gasteiger partial charge in [-0.25, -0.2) is 8.42 Å². The fourth-order valence-electron chi connectivity index (χ4n) is 2.60. The number of benzene rings is 2. The average molecular weight is 393 g/mol. The minimum Gasteiger partial charge on any atom is -0.493 e. The van der Waals surface area contributed by atoms with Crippen LogP contribution in [0.1, 0.15) is 11.1 Å². The van der Waals surface area contributed by atoms with Crippen molar-refractivity contribution >= 4 is 16.0 Å². The number of carbonyl (C=O) groups is 1. The number of methoxy groups -OCH3 is 3. The molecular weight excluding hydrogens is 370 g/mol. The fourth-order valence-corrected chi connectivity index (χ4v) is 4.19. The zero-order chi connectivity index (χ0) is 20.0. The van der Waals surface area contributed by atoms with Gasteiger partial charge in [0.25, 0.3) is 0 Å². The van der Waals surface area contributed by atoms with Crippen LogP contribution >= 0.6 is 0 Å². The highest BCUT2D eigenvalue weighted by Gasteiger charge is 2.30. The highest BCUT2D eigenvalue weighted by molar-refractivity contribution is 7.89. The van der Waals surface area contributed by atoms with Crippen LogP contribution in [0.3, 0.4) is 0 Å². The minimum atomic E-state index is -4.00. The maximum Gasteiger partial charge on any atom is 0.321 e. The van der Waals surface area contributed by atoms with E-state index >= 15 is 0 Å². The number of nitrogens with zero attached hydrogens (tertiary/aromatic N) is 1. The van der Waals surface area contributed by atoms with Gasteiger partial charge in [-0.2, -0.15) is 4.31 Å². The standard InChI is InChI=1S/C19H23NO6S/c1-14-10-16(24-2)17(25-3)11-18(14)27(22,23)20(13-19(21)26-4)12-15-8-6-5-7-9-15/h5-11H,12-13H2,1-4H3. The lowest BCUT2D eigenvalue weighted by Crippen LogP contribution is -2.36. The molecule has 27 heavy (non-hydrogen) atoms. The molecule has 0 bridgehead atoms. The second-order valence-electron chi connectivity index (χ2n) is 5.81. The average Bonchev–Trinajstić information content (AvgIpc) is 2.67. The topological polar surface area (TPSA) is 82.1 Å². The third-order valence-corrected chi connectivity index (χ3v) is 5.97. The molecule has 8 heteroatoms. The van der Waals surface area contributed by atoms with E-state index in [1.54, 1.807) is 37.3 Å². The van der Waals surface area contributed by atoms with Crippen LogP contribution < -0.4 is 9.47 Å². The molecule has 146 valence electrons. The first kappa shape index (κ1) is 20.7. The number of hydrogen-bond acceptors (Lipinski definition) is 6.